The van der Waals surface area contributed by atoms with Crippen molar-refractivity contribution in [3.63, 3.8) is 0 Å². The highest BCUT2D eigenvalue weighted by atomic mass is 16.1. The molecule has 0 aromatic carbocycles. The van der Waals surface area contributed by atoms with E-state index in [1.807, 2.05) is 6.92 Å². The van der Waals surface area contributed by atoms with Crippen LogP contribution >= 0.6 is 0 Å². The summed E-state index contributed by atoms with van der Waals surface area (Å²) in [5.74, 6) is 0.326. The van der Waals surface area contributed by atoms with Crippen molar-refractivity contribution in [2.75, 3.05) is 0 Å². The average Bonchev–Trinajstić information content (AvgIpc) is 1.87. The normalized spacial score (nSPS) is 16.4. The number of Topliss-reactive ketones (excluding diaryl/α,β-unsaturated/α-hetero) is 1. The molecule has 0 aliphatic rings. The van der Waals surface area contributed by atoms with E-state index in [2.05, 4.69) is 6.92 Å². The highest BCUT2D eigenvalue weighted by Gasteiger charge is 2.14. The Morgan fingerprint density at radius 3 is 2.30 bits per heavy atom. The number of hydrogen-bond donors (Lipinski definition) is 1. The lowest BCUT2D eigenvalue weighted by Gasteiger charge is -2.10. The molecule has 0 heterocycles. The van der Waals surface area contributed by atoms with Gasteiger partial charge in [0.15, 0.2) is 5.78 Å². The van der Waals surface area contributed by atoms with Gasteiger partial charge in [0.2, 0.25) is 0 Å². The maximum Gasteiger partial charge on any atom is 0.152 e. The van der Waals surface area contributed by atoms with Gasteiger partial charge in [0, 0.05) is 5.92 Å². The minimum Gasteiger partial charge on any atom is -0.322 e. The maximum atomic E-state index is 11.1. The van der Waals surface area contributed by atoms with Crippen molar-refractivity contribution in [2.24, 2.45) is 11.7 Å². The molecule has 2 N–H and O–H groups in total. The van der Waals surface area contributed by atoms with Crippen LogP contribution in [0.3, 0.4) is 0 Å². The fourth-order valence-corrected chi connectivity index (χ4v) is 1.02. The van der Waals surface area contributed by atoms with E-state index in [-0.39, 0.29) is 17.7 Å². The van der Waals surface area contributed by atoms with Gasteiger partial charge in [-0.25, -0.2) is 0 Å². The first-order valence-electron chi connectivity index (χ1n) is 3.88. The topological polar surface area (TPSA) is 43.1 Å². The number of hydrogen-bond acceptors (Lipinski definition) is 2. The van der Waals surface area contributed by atoms with Crippen molar-refractivity contribution in [3.8, 4) is 0 Å². The quantitative estimate of drug-likeness (QED) is 0.645. The summed E-state index contributed by atoms with van der Waals surface area (Å²) in [6.07, 6.45) is 2.01. The van der Waals surface area contributed by atoms with Crippen molar-refractivity contribution in [3.05, 3.63) is 0 Å². The lowest BCUT2D eigenvalue weighted by atomic mass is 9.97. The molecule has 2 heteroatoms. The number of ketones is 1. The van der Waals surface area contributed by atoms with E-state index in [0.717, 1.165) is 12.8 Å². The molecule has 0 radical (unpaired) electrons. The fraction of sp³-hybridized carbons (Fsp3) is 0.875. The molecule has 0 saturated carbocycles. The van der Waals surface area contributed by atoms with Gasteiger partial charge in [-0.3, -0.25) is 4.79 Å². The van der Waals surface area contributed by atoms with Crippen LogP contribution < -0.4 is 5.73 Å². The first-order chi connectivity index (χ1) is 4.59. The standard InChI is InChI=1S/C8H17NO/c1-4-5-6(2)8(10)7(3)9/h6-7H,4-5,9H2,1-3H3/t6-,7+/m1/s1. The summed E-state index contributed by atoms with van der Waals surface area (Å²) in [7, 11) is 0. The summed E-state index contributed by atoms with van der Waals surface area (Å²) >= 11 is 0. The van der Waals surface area contributed by atoms with Crippen LogP contribution in [0, 0.1) is 5.92 Å². The van der Waals surface area contributed by atoms with E-state index in [1.165, 1.54) is 0 Å². The van der Waals surface area contributed by atoms with Crippen LogP contribution in [0.5, 0.6) is 0 Å². The van der Waals surface area contributed by atoms with Gasteiger partial charge in [-0.2, -0.15) is 0 Å². The van der Waals surface area contributed by atoms with Crippen molar-refractivity contribution in [1.82, 2.24) is 0 Å². The SMILES string of the molecule is CCC[C@@H](C)C(=O)[C@H](C)N. The Hall–Kier alpha value is -0.370. The second-order valence-electron chi connectivity index (χ2n) is 2.88. The van der Waals surface area contributed by atoms with Crippen molar-refractivity contribution in [1.29, 1.82) is 0 Å². The zero-order valence-electron chi connectivity index (χ0n) is 7.05. The lowest BCUT2D eigenvalue weighted by molar-refractivity contribution is -0.123. The number of carbonyl (C=O) groups excluding carboxylic acids is 1. The number of carbonyl (C=O) groups is 1. The molecule has 60 valence electrons. The molecule has 0 unspecified atom stereocenters. The predicted octanol–water partition coefficient (Wildman–Crippen LogP) is 1.34. The van der Waals surface area contributed by atoms with Crippen LogP contribution in [0.1, 0.15) is 33.6 Å². The largest absolute Gasteiger partial charge is 0.322 e. The number of rotatable bonds is 4. The molecular formula is C8H17NO. The Labute approximate surface area is 62.8 Å². The molecule has 0 aliphatic heterocycles. The predicted molar refractivity (Wildman–Crippen MR) is 42.7 cm³/mol. The third kappa shape index (κ3) is 2.97. The van der Waals surface area contributed by atoms with E-state index in [1.54, 1.807) is 6.92 Å². The van der Waals surface area contributed by atoms with E-state index < -0.39 is 0 Å². The second-order valence-corrected chi connectivity index (χ2v) is 2.88. The minimum absolute atomic E-state index is 0.144. The lowest BCUT2D eigenvalue weighted by Crippen LogP contribution is -2.31. The van der Waals surface area contributed by atoms with Crippen LogP contribution in [-0.2, 0) is 4.79 Å². The molecule has 0 amide bonds. The van der Waals surface area contributed by atoms with Crippen molar-refractivity contribution >= 4 is 5.78 Å². The third-order valence-electron chi connectivity index (χ3n) is 1.66. The van der Waals surface area contributed by atoms with Gasteiger partial charge < -0.3 is 5.73 Å². The zero-order valence-corrected chi connectivity index (χ0v) is 7.05. The van der Waals surface area contributed by atoms with E-state index in [0.29, 0.717) is 0 Å². The summed E-state index contributed by atoms with van der Waals surface area (Å²) in [6.45, 7) is 5.76. The van der Waals surface area contributed by atoms with Gasteiger partial charge in [-0.15, -0.1) is 0 Å². The summed E-state index contributed by atoms with van der Waals surface area (Å²) in [5.41, 5.74) is 5.42. The monoisotopic (exact) mass is 143 g/mol. The summed E-state index contributed by atoms with van der Waals surface area (Å²) in [6, 6.07) is -0.290. The smallest absolute Gasteiger partial charge is 0.152 e. The Morgan fingerprint density at radius 2 is 2.00 bits per heavy atom. The zero-order chi connectivity index (χ0) is 8.15. The maximum absolute atomic E-state index is 11.1. The molecule has 0 bridgehead atoms. The molecule has 0 aromatic heterocycles. The van der Waals surface area contributed by atoms with Gasteiger partial charge in [-0.1, -0.05) is 20.3 Å². The van der Waals surface area contributed by atoms with Gasteiger partial charge in [0.1, 0.15) is 0 Å². The minimum atomic E-state index is -0.290. The van der Waals surface area contributed by atoms with Crippen LogP contribution in [0.25, 0.3) is 0 Å². The van der Waals surface area contributed by atoms with Gasteiger partial charge in [-0.05, 0) is 13.3 Å². The Kier molecular flexibility index (Phi) is 4.28. The second kappa shape index (κ2) is 4.45. The summed E-state index contributed by atoms with van der Waals surface area (Å²) < 4.78 is 0. The van der Waals surface area contributed by atoms with Crippen molar-refractivity contribution in [2.45, 2.75) is 39.7 Å². The highest BCUT2D eigenvalue weighted by Crippen LogP contribution is 2.07. The first kappa shape index (κ1) is 9.63. The molecule has 2 nitrogen and oxygen atoms in total. The molecule has 2 atom stereocenters. The molecule has 0 saturated heterocycles. The van der Waals surface area contributed by atoms with E-state index in [4.69, 9.17) is 5.73 Å². The average molecular weight is 143 g/mol. The third-order valence-corrected chi connectivity index (χ3v) is 1.66. The van der Waals surface area contributed by atoms with Crippen LogP contribution in [0.2, 0.25) is 0 Å². The molecule has 0 aliphatic carbocycles. The Bertz CT molecular complexity index is 110. The van der Waals surface area contributed by atoms with Crippen molar-refractivity contribution < 1.29 is 4.79 Å². The fourth-order valence-electron chi connectivity index (χ4n) is 1.02. The summed E-state index contributed by atoms with van der Waals surface area (Å²) in [5, 5.41) is 0. The molecule has 10 heavy (non-hydrogen) atoms. The molecule has 0 spiro atoms. The molecule has 0 aromatic rings. The Morgan fingerprint density at radius 1 is 1.50 bits per heavy atom. The Balaban J connectivity index is 3.71. The van der Waals surface area contributed by atoms with Crippen LogP contribution in [0.4, 0.5) is 0 Å². The van der Waals surface area contributed by atoms with E-state index in [9.17, 15) is 4.79 Å². The van der Waals surface area contributed by atoms with Crippen LogP contribution in [0.15, 0.2) is 0 Å². The highest BCUT2D eigenvalue weighted by molar-refractivity contribution is 5.85. The first-order valence-corrected chi connectivity index (χ1v) is 3.88. The summed E-state index contributed by atoms with van der Waals surface area (Å²) in [4.78, 5) is 11.1. The van der Waals surface area contributed by atoms with Gasteiger partial charge in [0.05, 0.1) is 6.04 Å². The molecule has 0 rings (SSSR count). The van der Waals surface area contributed by atoms with Gasteiger partial charge in [0.25, 0.3) is 0 Å². The van der Waals surface area contributed by atoms with Gasteiger partial charge >= 0.3 is 0 Å². The number of nitrogens with two attached hydrogens (primary N) is 1. The molecule has 0 fully saturated rings. The van der Waals surface area contributed by atoms with E-state index >= 15 is 0 Å². The molecular weight excluding hydrogens is 126 g/mol. The van der Waals surface area contributed by atoms with Crippen LogP contribution in [-0.4, -0.2) is 11.8 Å².